The van der Waals surface area contributed by atoms with Crippen molar-refractivity contribution in [1.29, 1.82) is 5.26 Å². The van der Waals surface area contributed by atoms with Crippen LogP contribution in [0.1, 0.15) is 88.2 Å². The summed E-state index contributed by atoms with van der Waals surface area (Å²) in [6, 6.07) is 25.3. The number of pyridine rings is 6. The van der Waals surface area contributed by atoms with E-state index in [0.29, 0.717) is 151 Å². The van der Waals surface area contributed by atoms with Crippen LogP contribution in [0.2, 0.25) is 0 Å². The highest BCUT2D eigenvalue weighted by Crippen LogP contribution is 2.40. The van der Waals surface area contributed by atoms with Gasteiger partial charge in [-0.15, -0.1) is 0 Å². The molecule has 0 saturated carbocycles. The standard InChI is InChI=1S/C23H21N9O2.C23H26N8O2.C22H25N9O2/c1-4-18(33)16-12-26-20(30-19-7-5-6-14(11-24)28-19)10-17(16)29-23-21(34-3)15(8-9-25-23)22-27-13-32(2)31-22;1-6-19(32)16-12-24-20(27-21-10-14(2)31(4)28-21)11-18(16)26-17-9-7-8-15(22(17)33-5)23-25-13-30(3)29-23;1-6-17(32)15-11-24-18(27-19-9-13(2)31(4)28-19)10-16(15)26-22-20(33-5)14(7-8-23-22)21-25-12-30(3)29-21/h5-10,12-13H,4H2,1-3H3,(H2,25,26,28,29,30);7-13H,6H2,1-5H3,(H2,24,26,27,28);7-12H,6H2,1-5H3,(H2,23,24,26,27,28). The Bertz CT molecular complexity index is 4740. The molecular weight excluding hydrogens is 1280 g/mol. The van der Waals surface area contributed by atoms with Gasteiger partial charge in [-0.2, -0.15) is 30.8 Å². The second-order valence-corrected chi connectivity index (χ2v) is 22.1. The van der Waals surface area contributed by atoms with E-state index in [0.717, 1.165) is 17.0 Å². The third-order valence-electron chi connectivity index (χ3n) is 15.2. The number of methoxy groups -OCH3 is 3. The molecule has 510 valence electrons. The summed E-state index contributed by atoms with van der Waals surface area (Å²) in [7, 11) is 13.8. The van der Waals surface area contributed by atoms with E-state index in [1.807, 2.05) is 78.3 Å². The first-order valence-corrected chi connectivity index (χ1v) is 31.2. The predicted molar refractivity (Wildman–Crippen MR) is 376 cm³/mol. The lowest BCUT2D eigenvalue weighted by Gasteiger charge is -2.16. The Labute approximate surface area is 574 Å². The van der Waals surface area contributed by atoms with Gasteiger partial charge < -0.3 is 46.1 Å². The summed E-state index contributed by atoms with van der Waals surface area (Å²) in [6.07, 6.45) is 13.7. The van der Waals surface area contributed by atoms with Crippen LogP contribution in [-0.4, -0.2) is 132 Å². The third kappa shape index (κ3) is 16.3. The number of carbonyl (C=O) groups excluding carboxylic acids is 3. The molecule has 0 aliphatic heterocycles. The third-order valence-corrected chi connectivity index (χ3v) is 15.2. The predicted octanol–water partition coefficient (Wildman–Crippen LogP) is 11.0. The smallest absolute Gasteiger partial charge is 0.185 e. The number of benzene rings is 1. The highest BCUT2D eigenvalue weighted by atomic mass is 16.5. The Kier molecular flexibility index (Phi) is 21.9. The van der Waals surface area contributed by atoms with Crippen molar-refractivity contribution in [2.75, 3.05) is 53.2 Å². The number of aryl methyl sites for hydroxylation is 7. The number of aromatic nitrogens is 19. The number of hydrogen-bond acceptors (Lipinski definition) is 27. The molecule has 0 saturated heterocycles. The number of nitrogens with one attached hydrogen (secondary N) is 6. The summed E-state index contributed by atoms with van der Waals surface area (Å²) in [5, 5.41) is 50.2. The largest absolute Gasteiger partial charge is 0.494 e. The number of para-hydroxylation sites is 1. The van der Waals surface area contributed by atoms with Crippen LogP contribution in [-0.2, 0) is 35.2 Å². The SMILES string of the molecule is CCC(=O)c1cnc(Nc2cc(C)n(C)n2)cc1Nc1cccc(-c2ncn(C)n2)c1OC.CCC(=O)c1cnc(Nc2cc(C)n(C)n2)cc1Nc1nccc(-c2ncn(C)n2)c1OC.CCC(=O)c1cnc(Nc2cccc(C#N)n2)cc1Nc1nccc(-c2ncn(C)n2)c1OC. The highest BCUT2D eigenvalue weighted by Gasteiger charge is 2.23. The zero-order valence-electron chi connectivity index (χ0n) is 57.1. The molecule has 0 bridgehead atoms. The van der Waals surface area contributed by atoms with Gasteiger partial charge in [-0.05, 0) is 50.2 Å². The molecule has 0 aliphatic rings. The molecule has 11 aromatic heterocycles. The Morgan fingerprint density at radius 3 is 1.18 bits per heavy atom. The maximum atomic E-state index is 12.6. The maximum absolute atomic E-state index is 12.6. The Hall–Kier alpha value is -13.3. The summed E-state index contributed by atoms with van der Waals surface area (Å²) in [5.74, 6) is 6.95. The summed E-state index contributed by atoms with van der Waals surface area (Å²) in [6.45, 7) is 9.34. The zero-order chi connectivity index (χ0) is 71.1. The first-order chi connectivity index (χ1) is 48.3. The van der Waals surface area contributed by atoms with Crippen molar-refractivity contribution in [2.45, 2.75) is 53.9 Å². The molecule has 32 nitrogen and oxygen atoms in total. The molecule has 0 unspecified atom stereocenters. The van der Waals surface area contributed by atoms with Crippen LogP contribution >= 0.6 is 0 Å². The molecule has 0 aliphatic carbocycles. The summed E-state index contributed by atoms with van der Waals surface area (Å²) >= 11 is 0. The molecule has 0 fully saturated rings. The lowest BCUT2D eigenvalue weighted by atomic mass is 10.1. The number of nitrogens with zero attached hydrogens (tertiary/aromatic N) is 20. The summed E-state index contributed by atoms with van der Waals surface area (Å²) in [5.41, 5.74) is 8.01. The Morgan fingerprint density at radius 2 is 0.820 bits per heavy atom. The fourth-order valence-corrected chi connectivity index (χ4v) is 9.98. The number of Topliss-reactive ketones (excluding diaryl/α,β-unsaturated/α-hetero) is 3. The minimum Gasteiger partial charge on any atom is -0.494 e. The molecule has 100 heavy (non-hydrogen) atoms. The van der Waals surface area contributed by atoms with Crippen molar-refractivity contribution in [2.24, 2.45) is 35.2 Å². The summed E-state index contributed by atoms with van der Waals surface area (Å²) < 4.78 is 25.3. The fraction of sp³-hybridized carbons (Fsp3) is 0.235. The Morgan fingerprint density at radius 1 is 0.430 bits per heavy atom. The van der Waals surface area contributed by atoms with Crippen molar-refractivity contribution in [3.63, 3.8) is 0 Å². The maximum Gasteiger partial charge on any atom is 0.185 e. The number of hydrogen-bond donors (Lipinski definition) is 6. The van der Waals surface area contributed by atoms with Crippen molar-refractivity contribution in [1.82, 2.24) is 93.8 Å². The van der Waals surface area contributed by atoms with Crippen LogP contribution in [0.4, 0.5) is 69.3 Å². The van der Waals surface area contributed by atoms with Crippen molar-refractivity contribution < 1.29 is 28.6 Å². The number of anilines is 12. The molecule has 0 amide bonds. The van der Waals surface area contributed by atoms with Gasteiger partial charge in [0.05, 0.1) is 77.5 Å². The van der Waals surface area contributed by atoms with E-state index in [4.69, 9.17) is 19.5 Å². The lowest BCUT2D eigenvalue weighted by Crippen LogP contribution is -2.08. The van der Waals surface area contributed by atoms with E-state index in [9.17, 15) is 14.4 Å². The second-order valence-electron chi connectivity index (χ2n) is 22.1. The van der Waals surface area contributed by atoms with E-state index in [1.165, 1.54) is 13.3 Å². The van der Waals surface area contributed by atoms with Crippen molar-refractivity contribution >= 4 is 86.6 Å². The van der Waals surface area contributed by atoms with Gasteiger partial charge in [-0.3, -0.25) is 37.8 Å². The second kappa shape index (κ2) is 31.5. The monoisotopic (exact) mass is 1350 g/mol. The topological polar surface area (TPSA) is 380 Å². The van der Waals surface area contributed by atoms with Gasteiger partial charge in [-0.25, -0.2) is 44.9 Å². The van der Waals surface area contributed by atoms with Gasteiger partial charge in [0.2, 0.25) is 0 Å². The molecule has 12 rings (SSSR count). The van der Waals surface area contributed by atoms with Gasteiger partial charge in [0.25, 0.3) is 0 Å². The van der Waals surface area contributed by atoms with Crippen LogP contribution < -0.4 is 46.1 Å². The normalized spacial score (nSPS) is 10.7. The minimum atomic E-state index is -0.0901. The molecule has 0 atom stereocenters. The molecule has 11 heterocycles. The fourth-order valence-electron chi connectivity index (χ4n) is 9.98. The average molecular weight is 1350 g/mol. The number of carbonyl (C=O) groups is 3. The van der Waals surface area contributed by atoms with E-state index >= 15 is 0 Å². The highest BCUT2D eigenvalue weighted by molar-refractivity contribution is 6.04. The van der Waals surface area contributed by atoms with Gasteiger partial charge in [0.15, 0.2) is 75.3 Å². The van der Waals surface area contributed by atoms with Crippen molar-refractivity contribution in [3.8, 4) is 57.5 Å². The quantitative estimate of drug-likeness (QED) is 0.0306. The summed E-state index contributed by atoms with van der Waals surface area (Å²) in [4.78, 5) is 76.9. The number of ether oxygens (including phenoxy) is 3. The molecule has 0 spiro atoms. The number of nitriles is 1. The number of rotatable bonds is 24. The van der Waals surface area contributed by atoms with Gasteiger partial charge in [0.1, 0.15) is 54.0 Å². The van der Waals surface area contributed by atoms with E-state index < -0.39 is 0 Å². The van der Waals surface area contributed by atoms with E-state index in [2.05, 4.69) is 102 Å². The van der Waals surface area contributed by atoms with E-state index in [1.54, 1.807) is 158 Å². The van der Waals surface area contributed by atoms with Crippen LogP contribution in [0.5, 0.6) is 17.2 Å². The van der Waals surface area contributed by atoms with Gasteiger partial charge in [0, 0.05) is 127 Å². The van der Waals surface area contributed by atoms with Crippen LogP contribution in [0, 0.1) is 25.2 Å². The molecule has 0 radical (unpaired) electrons. The first-order valence-electron chi connectivity index (χ1n) is 31.2. The van der Waals surface area contributed by atoms with Crippen LogP contribution in [0.15, 0.2) is 129 Å². The van der Waals surface area contributed by atoms with Crippen LogP contribution in [0.3, 0.4) is 0 Å². The molecular formula is C68H72N26O6. The molecule has 32 heteroatoms. The van der Waals surface area contributed by atoms with E-state index in [-0.39, 0.29) is 23.0 Å². The molecule has 12 aromatic rings. The number of ketones is 3. The van der Waals surface area contributed by atoms with Crippen LogP contribution in [0.25, 0.3) is 34.2 Å². The lowest BCUT2D eigenvalue weighted by molar-refractivity contribution is 0.0980. The first kappa shape index (κ1) is 69.5. The Balaban J connectivity index is 0.000000162. The van der Waals surface area contributed by atoms with Gasteiger partial charge >= 0.3 is 0 Å². The zero-order valence-corrected chi connectivity index (χ0v) is 57.1. The minimum absolute atomic E-state index is 0.0215. The molecule has 6 N–H and O–H groups in total. The molecule has 1 aromatic carbocycles. The average Bonchev–Trinajstić information content (AvgIpc) is 1.18. The van der Waals surface area contributed by atoms with Crippen molar-refractivity contribution in [3.05, 3.63) is 163 Å². The van der Waals surface area contributed by atoms with Gasteiger partial charge in [-0.1, -0.05) is 32.9 Å².